The Bertz CT molecular complexity index is 516. The molecule has 0 aliphatic carbocycles. The van der Waals surface area contributed by atoms with E-state index in [-0.39, 0.29) is 17.1 Å². The monoisotopic (exact) mass is 240 g/mol. The molecule has 1 aromatic heterocycles. The van der Waals surface area contributed by atoms with Crippen molar-refractivity contribution in [3.05, 3.63) is 35.3 Å². The highest BCUT2D eigenvalue weighted by Gasteiger charge is 2.21. The SMILES string of the molecule is Cc1c(C(Cl)C(C)C)oc2ccc(F)cc12. The van der Waals surface area contributed by atoms with E-state index in [9.17, 15) is 4.39 Å². The van der Waals surface area contributed by atoms with Crippen molar-refractivity contribution in [3.63, 3.8) is 0 Å². The Hall–Kier alpha value is -1.02. The van der Waals surface area contributed by atoms with E-state index >= 15 is 0 Å². The number of hydrogen-bond donors (Lipinski definition) is 0. The van der Waals surface area contributed by atoms with Crippen molar-refractivity contribution in [1.29, 1.82) is 0 Å². The summed E-state index contributed by atoms with van der Waals surface area (Å²) in [5.41, 5.74) is 1.63. The van der Waals surface area contributed by atoms with E-state index < -0.39 is 0 Å². The third-order valence-electron chi connectivity index (χ3n) is 2.77. The number of furan rings is 1. The van der Waals surface area contributed by atoms with Crippen LogP contribution >= 0.6 is 11.6 Å². The minimum atomic E-state index is -0.251. The smallest absolute Gasteiger partial charge is 0.134 e. The fourth-order valence-corrected chi connectivity index (χ4v) is 1.99. The van der Waals surface area contributed by atoms with Crippen LogP contribution in [0.1, 0.15) is 30.5 Å². The molecule has 2 rings (SSSR count). The molecule has 0 bridgehead atoms. The Kier molecular flexibility index (Phi) is 2.94. The Balaban J connectivity index is 2.60. The van der Waals surface area contributed by atoms with Gasteiger partial charge in [-0.15, -0.1) is 11.6 Å². The zero-order valence-electron chi connectivity index (χ0n) is 9.55. The Morgan fingerprint density at radius 3 is 2.62 bits per heavy atom. The summed E-state index contributed by atoms with van der Waals surface area (Å²) < 4.78 is 18.8. The molecule has 0 aliphatic heterocycles. The van der Waals surface area contributed by atoms with Crippen LogP contribution in [0.5, 0.6) is 0 Å². The van der Waals surface area contributed by atoms with Crippen molar-refractivity contribution in [3.8, 4) is 0 Å². The lowest BCUT2D eigenvalue weighted by molar-refractivity contribution is 0.483. The molecule has 1 aromatic carbocycles. The van der Waals surface area contributed by atoms with Gasteiger partial charge in [0.2, 0.25) is 0 Å². The van der Waals surface area contributed by atoms with Gasteiger partial charge in [0.05, 0.1) is 5.38 Å². The van der Waals surface area contributed by atoms with Crippen LogP contribution in [-0.2, 0) is 0 Å². The highest BCUT2D eigenvalue weighted by molar-refractivity contribution is 6.21. The van der Waals surface area contributed by atoms with Crippen molar-refractivity contribution in [1.82, 2.24) is 0 Å². The fraction of sp³-hybridized carbons (Fsp3) is 0.385. The van der Waals surface area contributed by atoms with Gasteiger partial charge in [-0.1, -0.05) is 13.8 Å². The van der Waals surface area contributed by atoms with Gasteiger partial charge in [0.15, 0.2) is 0 Å². The van der Waals surface area contributed by atoms with Gasteiger partial charge >= 0.3 is 0 Å². The van der Waals surface area contributed by atoms with Crippen molar-refractivity contribution in [2.24, 2.45) is 5.92 Å². The summed E-state index contributed by atoms with van der Waals surface area (Å²) in [7, 11) is 0. The van der Waals surface area contributed by atoms with E-state index in [2.05, 4.69) is 0 Å². The molecule has 16 heavy (non-hydrogen) atoms. The minimum absolute atomic E-state index is 0.171. The molecule has 0 saturated carbocycles. The molecule has 1 atom stereocenters. The van der Waals surface area contributed by atoms with Crippen molar-refractivity contribution >= 4 is 22.6 Å². The number of fused-ring (bicyclic) bond motifs is 1. The second-order valence-corrected chi connectivity index (χ2v) is 4.85. The molecule has 1 heterocycles. The maximum atomic E-state index is 13.1. The molecular weight excluding hydrogens is 227 g/mol. The number of alkyl halides is 1. The van der Waals surface area contributed by atoms with Crippen LogP contribution in [0.25, 0.3) is 11.0 Å². The van der Waals surface area contributed by atoms with Crippen LogP contribution in [0.15, 0.2) is 22.6 Å². The first kappa shape index (κ1) is 11.5. The van der Waals surface area contributed by atoms with E-state index in [4.69, 9.17) is 16.0 Å². The van der Waals surface area contributed by atoms with E-state index in [0.29, 0.717) is 5.58 Å². The van der Waals surface area contributed by atoms with E-state index in [0.717, 1.165) is 16.7 Å². The maximum Gasteiger partial charge on any atom is 0.134 e. The minimum Gasteiger partial charge on any atom is -0.459 e. The molecule has 0 N–H and O–H groups in total. The Morgan fingerprint density at radius 1 is 1.31 bits per heavy atom. The van der Waals surface area contributed by atoms with Gasteiger partial charge < -0.3 is 4.42 Å². The predicted molar refractivity (Wildman–Crippen MR) is 64.3 cm³/mol. The van der Waals surface area contributed by atoms with E-state index in [1.807, 2.05) is 20.8 Å². The molecular formula is C13H14ClFO. The van der Waals surface area contributed by atoms with E-state index in [1.54, 1.807) is 6.07 Å². The summed E-state index contributed by atoms with van der Waals surface area (Å²) >= 11 is 6.27. The van der Waals surface area contributed by atoms with Crippen molar-refractivity contribution in [2.75, 3.05) is 0 Å². The van der Waals surface area contributed by atoms with Crippen molar-refractivity contribution < 1.29 is 8.81 Å². The van der Waals surface area contributed by atoms with Gasteiger partial charge in [-0.05, 0) is 31.0 Å². The van der Waals surface area contributed by atoms with Gasteiger partial charge in [-0.2, -0.15) is 0 Å². The van der Waals surface area contributed by atoms with Gasteiger partial charge in [-0.25, -0.2) is 4.39 Å². The highest BCUT2D eigenvalue weighted by atomic mass is 35.5. The highest BCUT2D eigenvalue weighted by Crippen LogP contribution is 2.36. The molecule has 0 aliphatic rings. The van der Waals surface area contributed by atoms with Gasteiger partial charge in [-0.3, -0.25) is 0 Å². The quantitative estimate of drug-likeness (QED) is 0.686. The lowest BCUT2D eigenvalue weighted by Gasteiger charge is -2.10. The maximum absolute atomic E-state index is 13.1. The first-order valence-corrected chi connectivity index (χ1v) is 5.77. The van der Waals surface area contributed by atoms with Gasteiger partial charge in [0.25, 0.3) is 0 Å². The first-order valence-electron chi connectivity index (χ1n) is 5.33. The third-order valence-corrected chi connectivity index (χ3v) is 3.47. The number of aryl methyl sites for hydroxylation is 1. The number of halogens is 2. The zero-order valence-corrected chi connectivity index (χ0v) is 10.3. The molecule has 1 nitrogen and oxygen atoms in total. The Morgan fingerprint density at radius 2 is 2.00 bits per heavy atom. The van der Waals surface area contributed by atoms with Gasteiger partial charge in [0, 0.05) is 10.9 Å². The number of benzene rings is 1. The largest absolute Gasteiger partial charge is 0.459 e. The standard InChI is InChI=1S/C13H14ClFO/c1-7(2)12(14)13-8(3)10-6-9(15)4-5-11(10)16-13/h4-7,12H,1-3H3. The van der Waals surface area contributed by atoms with Crippen LogP contribution < -0.4 is 0 Å². The average Bonchev–Trinajstić information content (AvgIpc) is 2.55. The average molecular weight is 241 g/mol. The molecule has 2 aromatic rings. The number of hydrogen-bond acceptors (Lipinski definition) is 1. The van der Waals surface area contributed by atoms with Crippen LogP contribution in [0.4, 0.5) is 4.39 Å². The first-order chi connectivity index (χ1) is 7.50. The normalized spacial score (nSPS) is 13.6. The van der Waals surface area contributed by atoms with Crippen LogP contribution in [0, 0.1) is 18.7 Å². The molecule has 0 spiro atoms. The summed E-state index contributed by atoms with van der Waals surface area (Å²) in [5, 5.41) is 0.636. The summed E-state index contributed by atoms with van der Waals surface area (Å²) in [4.78, 5) is 0. The fourth-order valence-electron chi connectivity index (χ4n) is 1.78. The van der Waals surface area contributed by atoms with Crippen molar-refractivity contribution in [2.45, 2.75) is 26.1 Å². The molecule has 86 valence electrons. The van der Waals surface area contributed by atoms with E-state index in [1.165, 1.54) is 12.1 Å². The molecule has 0 fully saturated rings. The molecule has 1 unspecified atom stereocenters. The molecule has 3 heteroatoms. The molecule has 0 saturated heterocycles. The Labute approximate surface area is 99.2 Å². The lowest BCUT2D eigenvalue weighted by atomic mass is 10.0. The predicted octanol–water partition coefficient (Wildman–Crippen LogP) is 4.82. The summed E-state index contributed by atoms with van der Waals surface area (Å²) in [5.74, 6) is 0.779. The zero-order chi connectivity index (χ0) is 11.9. The third kappa shape index (κ3) is 1.82. The van der Waals surface area contributed by atoms with Crippen LogP contribution in [0.3, 0.4) is 0 Å². The van der Waals surface area contributed by atoms with Gasteiger partial charge in [0.1, 0.15) is 17.2 Å². The molecule has 0 amide bonds. The number of rotatable bonds is 2. The summed E-state index contributed by atoms with van der Waals surface area (Å²) in [6.45, 7) is 5.98. The second-order valence-electron chi connectivity index (χ2n) is 4.38. The van der Waals surface area contributed by atoms with Crippen LogP contribution in [-0.4, -0.2) is 0 Å². The lowest BCUT2D eigenvalue weighted by Crippen LogP contribution is -1.99. The summed E-state index contributed by atoms with van der Waals surface area (Å²) in [6.07, 6.45) is 0. The topological polar surface area (TPSA) is 13.1 Å². The summed E-state index contributed by atoms with van der Waals surface area (Å²) in [6, 6.07) is 4.53. The second kappa shape index (κ2) is 4.10. The molecule has 0 radical (unpaired) electrons. The van der Waals surface area contributed by atoms with Crippen LogP contribution in [0.2, 0.25) is 0 Å².